The highest BCUT2D eigenvalue weighted by Crippen LogP contribution is 2.26. The monoisotopic (exact) mass is 296 g/mol. The van der Waals surface area contributed by atoms with Crippen LogP contribution in [-0.2, 0) is 4.79 Å². The van der Waals surface area contributed by atoms with Crippen LogP contribution in [0.5, 0.6) is 0 Å². The maximum atomic E-state index is 13.6. The van der Waals surface area contributed by atoms with Crippen LogP contribution < -0.4 is 5.73 Å². The van der Waals surface area contributed by atoms with Gasteiger partial charge < -0.3 is 10.6 Å². The van der Waals surface area contributed by atoms with E-state index in [0.29, 0.717) is 22.4 Å². The fourth-order valence-electron chi connectivity index (χ4n) is 2.73. The first-order chi connectivity index (χ1) is 9.45. The number of likely N-dealkylation sites (tertiary alicyclic amines) is 1. The predicted molar refractivity (Wildman–Crippen MR) is 81.1 cm³/mol. The molecule has 2 unspecified atom stereocenters. The Morgan fingerprint density at radius 1 is 1.40 bits per heavy atom. The van der Waals surface area contributed by atoms with Gasteiger partial charge in [-0.15, -0.1) is 11.8 Å². The van der Waals surface area contributed by atoms with Crippen LogP contribution in [0.2, 0.25) is 0 Å². The molecule has 5 heteroatoms. The highest BCUT2D eigenvalue weighted by atomic mass is 32.2. The van der Waals surface area contributed by atoms with Crippen LogP contribution in [0.4, 0.5) is 10.1 Å². The summed E-state index contributed by atoms with van der Waals surface area (Å²) < 4.78 is 13.6. The Kier molecular flexibility index (Phi) is 4.91. The maximum absolute atomic E-state index is 13.6. The highest BCUT2D eigenvalue weighted by molar-refractivity contribution is 8.00. The lowest BCUT2D eigenvalue weighted by atomic mass is 9.92. The van der Waals surface area contributed by atoms with Crippen molar-refractivity contribution in [3.8, 4) is 0 Å². The van der Waals surface area contributed by atoms with E-state index < -0.39 is 0 Å². The van der Waals surface area contributed by atoms with Gasteiger partial charge in [0.15, 0.2) is 0 Å². The molecule has 0 radical (unpaired) electrons. The SMILES string of the molecule is CC1CC(C)CN(C(=O)CSc2ccc(N)cc2F)C1. The van der Waals surface area contributed by atoms with Crippen LogP contribution >= 0.6 is 11.8 Å². The molecule has 2 N–H and O–H groups in total. The molecule has 1 aromatic carbocycles. The van der Waals surface area contributed by atoms with Gasteiger partial charge in [0.25, 0.3) is 0 Å². The van der Waals surface area contributed by atoms with Crippen LogP contribution in [-0.4, -0.2) is 29.6 Å². The summed E-state index contributed by atoms with van der Waals surface area (Å²) in [6, 6.07) is 4.57. The van der Waals surface area contributed by atoms with Crippen molar-refractivity contribution in [2.75, 3.05) is 24.6 Å². The zero-order chi connectivity index (χ0) is 14.7. The molecule has 3 nitrogen and oxygen atoms in total. The molecule has 110 valence electrons. The van der Waals surface area contributed by atoms with Crippen molar-refractivity contribution in [1.82, 2.24) is 4.90 Å². The number of piperidine rings is 1. The summed E-state index contributed by atoms with van der Waals surface area (Å²) in [6.45, 7) is 5.97. The average Bonchev–Trinajstić information content (AvgIpc) is 2.36. The fourth-order valence-corrected chi connectivity index (χ4v) is 3.55. The summed E-state index contributed by atoms with van der Waals surface area (Å²) in [4.78, 5) is 14.6. The first-order valence-corrected chi connectivity index (χ1v) is 7.90. The molecule has 1 heterocycles. The van der Waals surface area contributed by atoms with Crippen molar-refractivity contribution in [3.63, 3.8) is 0 Å². The Labute approximate surface area is 123 Å². The number of nitrogen functional groups attached to an aromatic ring is 1. The van der Waals surface area contributed by atoms with E-state index in [2.05, 4.69) is 13.8 Å². The molecule has 1 aliphatic rings. The summed E-state index contributed by atoms with van der Waals surface area (Å²) in [5.74, 6) is 1.09. The van der Waals surface area contributed by atoms with E-state index in [1.54, 1.807) is 12.1 Å². The van der Waals surface area contributed by atoms with Gasteiger partial charge in [-0.25, -0.2) is 4.39 Å². The molecule has 0 aromatic heterocycles. The number of benzene rings is 1. The van der Waals surface area contributed by atoms with Crippen molar-refractivity contribution < 1.29 is 9.18 Å². The summed E-state index contributed by atoms with van der Waals surface area (Å²) in [6.07, 6.45) is 1.17. The summed E-state index contributed by atoms with van der Waals surface area (Å²) >= 11 is 1.24. The second-order valence-electron chi connectivity index (χ2n) is 5.72. The van der Waals surface area contributed by atoms with Gasteiger partial charge in [0.05, 0.1) is 5.75 Å². The molecule has 20 heavy (non-hydrogen) atoms. The van der Waals surface area contributed by atoms with Gasteiger partial charge in [0, 0.05) is 23.7 Å². The second kappa shape index (κ2) is 6.48. The molecule has 1 aromatic rings. The number of amides is 1. The third-order valence-electron chi connectivity index (χ3n) is 3.53. The predicted octanol–water partition coefficient (Wildman–Crippen LogP) is 3.00. The zero-order valence-electron chi connectivity index (χ0n) is 11.9. The van der Waals surface area contributed by atoms with Gasteiger partial charge in [-0.2, -0.15) is 0 Å². The van der Waals surface area contributed by atoms with E-state index in [-0.39, 0.29) is 17.5 Å². The van der Waals surface area contributed by atoms with Crippen molar-refractivity contribution in [2.24, 2.45) is 11.8 Å². The number of hydrogen-bond acceptors (Lipinski definition) is 3. The van der Waals surface area contributed by atoms with Crippen molar-refractivity contribution in [1.29, 1.82) is 0 Å². The molecule has 1 fully saturated rings. The number of nitrogens with two attached hydrogens (primary N) is 1. The summed E-state index contributed by atoms with van der Waals surface area (Å²) in [5.41, 5.74) is 5.91. The van der Waals surface area contributed by atoms with E-state index in [4.69, 9.17) is 5.73 Å². The molecule has 1 saturated heterocycles. The molecule has 2 rings (SSSR count). The number of hydrogen-bond donors (Lipinski definition) is 1. The van der Waals surface area contributed by atoms with Crippen molar-refractivity contribution >= 4 is 23.4 Å². The van der Waals surface area contributed by atoms with Crippen molar-refractivity contribution in [3.05, 3.63) is 24.0 Å². The van der Waals surface area contributed by atoms with Gasteiger partial charge in [0.2, 0.25) is 5.91 Å². The van der Waals surface area contributed by atoms with Gasteiger partial charge >= 0.3 is 0 Å². The Morgan fingerprint density at radius 3 is 2.65 bits per heavy atom. The molecule has 0 bridgehead atoms. The normalized spacial score (nSPS) is 22.9. The third kappa shape index (κ3) is 3.88. The molecule has 1 amide bonds. The Balaban J connectivity index is 1.91. The molecule has 2 atom stereocenters. The summed E-state index contributed by atoms with van der Waals surface area (Å²) in [7, 11) is 0. The molecule has 0 aliphatic carbocycles. The average molecular weight is 296 g/mol. The number of nitrogens with zero attached hydrogens (tertiary/aromatic N) is 1. The van der Waals surface area contributed by atoms with Crippen LogP contribution in [0.25, 0.3) is 0 Å². The van der Waals surface area contributed by atoms with Gasteiger partial charge in [0.1, 0.15) is 5.82 Å². The largest absolute Gasteiger partial charge is 0.399 e. The molecule has 0 saturated carbocycles. The van der Waals surface area contributed by atoms with Gasteiger partial charge in [-0.1, -0.05) is 13.8 Å². The standard InChI is InChI=1S/C15H21FN2OS/c1-10-5-11(2)8-18(7-10)15(19)9-20-14-4-3-12(17)6-13(14)16/h3-4,6,10-11H,5,7-9,17H2,1-2H3. The molecule has 0 spiro atoms. The first-order valence-electron chi connectivity index (χ1n) is 6.91. The maximum Gasteiger partial charge on any atom is 0.232 e. The van der Waals surface area contributed by atoms with E-state index >= 15 is 0 Å². The first kappa shape index (κ1) is 15.2. The highest BCUT2D eigenvalue weighted by Gasteiger charge is 2.25. The molecular weight excluding hydrogens is 275 g/mol. The van der Waals surface area contributed by atoms with E-state index in [1.165, 1.54) is 24.2 Å². The van der Waals surface area contributed by atoms with Crippen LogP contribution in [0, 0.1) is 17.7 Å². The minimum atomic E-state index is -0.358. The number of carbonyl (C=O) groups excluding carboxylic acids is 1. The number of rotatable bonds is 3. The van der Waals surface area contributed by atoms with E-state index in [1.807, 2.05) is 4.90 Å². The number of thioether (sulfide) groups is 1. The quantitative estimate of drug-likeness (QED) is 0.689. The number of halogens is 1. The Morgan fingerprint density at radius 2 is 2.05 bits per heavy atom. The summed E-state index contributed by atoms with van der Waals surface area (Å²) in [5, 5.41) is 0. The minimum absolute atomic E-state index is 0.0876. The zero-order valence-corrected chi connectivity index (χ0v) is 12.8. The topological polar surface area (TPSA) is 46.3 Å². The van der Waals surface area contributed by atoms with Crippen LogP contribution in [0.15, 0.2) is 23.1 Å². The Bertz CT molecular complexity index is 485. The smallest absolute Gasteiger partial charge is 0.232 e. The third-order valence-corrected chi connectivity index (χ3v) is 4.56. The minimum Gasteiger partial charge on any atom is -0.399 e. The number of carbonyl (C=O) groups is 1. The second-order valence-corrected chi connectivity index (χ2v) is 6.74. The lowest BCUT2D eigenvalue weighted by molar-refractivity contribution is -0.130. The lowest BCUT2D eigenvalue weighted by Crippen LogP contribution is -2.43. The number of anilines is 1. The van der Waals surface area contributed by atoms with Gasteiger partial charge in [-0.05, 0) is 36.5 Å². The molecule has 1 aliphatic heterocycles. The Hall–Kier alpha value is -1.23. The lowest BCUT2D eigenvalue weighted by Gasteiger charge is -2.35. The van der Waals surface area contributed by atoms with E-state index in [9.17, 15) is 9.18 Å². The van der Waals surface area contributed by atoms with Crippen molar-refractivity contribution in [2.45, 2.75) is 25.2 Å². The van der Waals surface area contributed by atoms with Crippen LogP contribution in [0.1, 0.15) is 20.3 Å². The van der Waals surface area contributed by atoms with E-state index in [0.717, 1.165) is 13.1 Å². The van der Waals surface area contributed by atoms with Gasteiger partial charge in [-0.3, -0.25) is 4.79 Å². The molecular formula is C15H21FN2OS. The fraction of sp³-hybridized carbons (Fsp3) is 0.533. The van der Waals surface area contributed by atoms with Crippen LogP contribution in [0.3, 0.4) is 0 Å².